The molecule has 0 bridgehead atoms. The van der Waals surface area contributed by atoms with Crippen LogP contribution in [0.5, 0.6) is 0 Å². The summed E-state index contributed by atoms with van der Waals surface area (Å²) in [5, 5.41) is 5.41. The number of rotatable bonds is 1. The highest BCUT2D eigenvalue weighted by Crippen LogP contribution is 2.34. The minimum absolute atomic E-state index is 0.510. The minimum Gasteiger partial charge on any atom is -0.383 e. The Morgan fingerprint density at radius 1 is 1.40 bits per heavy atom. The summed E-state index contributed by atoms with van der Waals surface area (Å²) in [5.74, 6) is 0.531. The third-order valence-corrected chi connectivity index (χ3v) is 3.11. The van der Waals surface area contributed by atoms with Gasteiger partial charge in [-0.3, -0.25) is 0 Å². The van der Waals surface area contributed by atoms with Gasteiger partial charge in [0.15, 0.2) is 5.65 Å². The molecule has 0 unspecified atom stereocenters. The molecule has 0 spiro atoms. The predicted octanol–water partition coefficient (Wildman–Crippen LogP) is 1.44. The Morgan fingerprint density at radius 2 is 2.20 bits per heavy atom. The van der Waals surface area contributed by atoms with Gasteiger partial charge < -0.3 is 5.73 Å². The Hall–Kier alpha value is -1.65. The van der Waals surface area contributed by atoms with Crippen molar-refractivity contribution in [2.24, 2.45) is 0 Å². The van der Waals surface area contributed by atoms with E-state index in [-0.39, 0.29) is 0 Å². The number of aryl methyl sites for hydroxylation is 1. The number of hydrogen-bond donors (Lipinski definition) is 1. The summed E-state index contributed by atoms with van der Waals surface area (Å²) >= 11 is 0. The Morgan fingerprint density at radius 3 is 2.87 bits per heavy atom. The molecule has 2 aromatic heterocycles. The smallest absolute Gasteiger partial charge is 0.163 e. The molecule has 5 nitrogen and oxygen atoms in total. The molecule has 1 saturated carbocycles. The summed E-state index contributed by atoms with van der Waals surface area (Å²) in [4.78, 5) is 8.27. The van der Waals surface area contributed by atoms with Crippen LogP contribution in [0.25, 0.3) is 11.0 Å². The van der Waals surface area contributed by atoms with E-state index in [2.05, 4.69) is 15.1 Å². The van der Waals surface area contributed by atoms with Gasteiger partial charge in [-0.25, -0.2) is 14.6 Å². The first-order valence-electron chi connectivity index (χ1n) is 5.22. The van der Waals surface area contributed by atoms with Crippen LogP contribution < -0.4 is 5.73 Å². The quantitative estimate of drug-likeness (QED) is 0.761. The van der Waals surface area contributed by atoms with Crippen LogP contribution in [0.15, 0.2) is 6.33 Å². The van der Waals surface area contributed by atoms with Crippen molar-refractivity contribution in [1.29, 1.82) is 0 Å². The van der Waals surface area contributed by atoms with Crippen molar-refractivity contribution < 1.29 is 0 Å². The fourth-order valence-electron chi connectivity index (χ4n) is 2.06. The van der Waals surface area contributed by atoms with E-state index in [1.54, 1.807) is 0 Å². The maximum Gasteiger partial charge on any atom is 0.163 e. The van der Waals surface area contributed by atoms with E-state index in [0.29, 0.717) is 11.9 Å². The zero-order valence-corrected chi connectivity index (χ0v) is 8.64. The van der Waals surface area contributed by atoms with Gasteiger partial charge >= 0.3 is 0 Å². The molecule has 5 heteroatoms. The van der Waals surface area contributed by atoms with Gasteiger partial charge in [-0.05, 0) is 26.2 Å². The number of nitrogens with zero attached hydrogens (tertiary/aromatic N) is 4. The van der Waals surface area contributed by atoms with E-state index in [1.807, 2.05) is 11.6 Å². The van der Waals surface area contributed by atoms with Gasteiger partial charge in [-0.1, -0.05) is 0 Å². The lowest BCUT2D eigenvalue weighted by atomic mass is 9.93. The summed E-state index contributed by atoms with van der Waals surface area (Å²) in [6, 6.07) is 0.510. The zero-order chi connectivity index (χ0) is 10.4. The van der Waals surface area contributed by atoms with Crippen molar-refractivity contribution in [3.63, 3.8) is 0 Å². The number of nitrogen functional groups attached to an aromatic ring is 1. The van der Waals surface area contributed by atoms with Gasteiger partial charge in [0.05, 0.1) is 17.1 Å². The normalized spacial score (nSPS) is 16.9. The molecule has 0 amide bonds. The molecule has 2 aromatic rings. The van der Waals surface area contributed by atoms with Crippen LogP contribution in [0, 0.1) is 6.92 Å². The molecule has 1 fully saturated rings. The molecule has 15 heavy (non-hydrogen) atoms. The largest absolute Gasteiger partial charge is 0.383 e. The van der Waals surface area contributed by atoms with Crippen LogP contribution in [0.1, 0.15) is 31.0 Å². The topological polar surface area (TPSA) is 69.6 Å². The number of anilines is 1. The van der Waals surface area contributed by atoms with Crippen LogP contribution in [0.2, 0.25) is 0 Å². The average Bonchev–Trinajstić information content (AvgIpc) is 2.43. The number of hydrogen-bond acceptors (Lipinski definition) is 4. The van der Waals surface area contributed by atoms with Gasteiger partial charge in [-0.2, -0.15) is 5.10 Å². The molecule has 0 radical (unpaired) electrons. The van der Waals surface area contributed by atoms with Crippen molar-refractivity contribution in [1.82, 2.24) is 19.7 Å². The van der Waals surface area contributed by atoms with E-state index in [4.69, 9.17) is 5.73 Å². The van der Waals surface area contributed by atoms with Crippen molar-refractivity contribution in [3.8, 4) is 0 Å². The van der Waals surface area contributed by atoms with Crippen LogP contribution in [0.4, 0.5) is 5.82 Å². The third kappa shape index (κ3) is 1.12. The van der Waals surface area contributed by atoms with E-state index >= 15 is 0 Å². The molecule has 0 aliphatic heterocycles. The number of fused-ring (bicyclic) bond motifs is 1. The fraction of sp³-hybridized carbons (Fsp3) is 0.500. The van der Waals surface area contributed by atoms with Crippen molar-refractivity contribution in [2.45, 2.75) is 32.2 Å². The molecule has 1 aliphatic rings. The van der Waals surface area contributed by atoms with Crippen molar-refractivity contribution >= 4 is 16.9 Å². The molecular weight excluding hydrogens is 190 g/mol. The summed E-state index contributed by atoms with van der Waals surface area (Å²) in [6.07, 6.45) is 5.18. The standard InChI is InChI=1S/C10H13N5/c1-6-8-9(11)12-5-13-10(8)15(14-6)7-3-2-4-7/h5,7H,2-4H2,1H3,(H2,11,12,13). The van der Waals surface area contributed by atoms with E-state index in [0.717, 1.165) is 16.7 Å². The highest BCUT2D eigenvalue weighted by Gasteiger charge is 2.24. The van der Waals surface area contributed by atoms with Gasteiger partial charge in [-0.15, -0.1) is 0 Å². The van der Waals surface area contributed by atoms with Crippen LogP contribution in [-0.2, 0) is 0 Å². The summed E-state index contributed by atoms with van der Waals surface area (Å²) in [5.41, 5.74) is 7.63. The van der Waals surface area contributed by atoms with Crippen molar-refractivity contribution in [3.05, 3.63) is 12.0 Å². The first kappa shape index (κ1) is 8.64. The molecule has 78 valence electrons. The SMILES string of the molecule is Cc1nn(C2CCC2)c2ncnc(N)c12. The Labute approximate surface area is 87.3 Å². The molecule has 3 rings (SSSR count). The first-order chi connectivity index (χ1) is 7.27. The summed E-state index contributed by atoms with van der Waals surface area (Å²) in [6.45, 7) is 1.96. The molecular formula is C10H13N5. The highest BCUT2D eigenvalue weighted by molar-refractivity contribution is 5.87. The van der Waals surface area contributed by atoms with Gasteiger partial charge in [0.2, 0.25) is 0 Å². The highest BCUT2D eigenvalue weighted by atomic mass is 15.3. The zero-order valence-electron chi connectivity index (χ0n) is 8.64. The van der Waals surface area contributed by atoms with Crippen LogP contribution in [-0.4, -0.2) is 19.7 Å². The Bertz CT molecular complexity index is 512. The minimum atomic E-state index is 0.510. The Balaban J connectivity index is 2.27. The second-order valence-electron chi connectivity index (χ2n) is 4.07. The molecule has 0 saturated heterocycles. The monoisotopic (exact) mass is 203 g/mol. The molecule has 0 aromatic carbocycles. The third-order valence-electron chi connectivity index (χ3n) is 3.11. The van der Waals surface area contributed by atoms with E-state index in [1.165, 1.54) is 25.6 Å². The van der Waals surface area contributed by atoms with Crippen molar-refractivity contribution in [2.75, 3.05) is 5.73 Å². The molecule has 2 heterocycles. The van der Waals surface area contributed by atoms with E-state index < -0.39 is 0 Å². The van der Waals surface area contributed by atoms with Crippen LogP contribution in [0.3, 0.4) is 0 Å². The Kier molecular flexibility index (Phi) is 1.68. The number of nitrogens with two attached hydrogens (primary N) is 1. The lowest BCUT2D eigenvalue weighted by Gasteiger charge is -2.25. The number of aromatic nitrogens is 4. The maximum atomic E-state index is 5.83. The summed E-state index contributed by atoms with van der Waals surface area (Å²) < 4.78 is 2.01. The fourth-order valence-corrected chi connectivity index (χ4v) is 2.06. The lowest BCUT2D eigenvalue weighted by molar-refractivity contribution is 0.295. The van der Waals surface area contributed by atoms with E-state index in [9.17, 15) is 0 Å². The molecule has 2 N–H and O–H groups in total. The van der Waals surface area contributed by atoms with Gasteiger partial charge in [0.25, 0.3) is 0 Å². The maximum absolute atomic E-state index is 5.83. The first-order valence-corrected chi connectivity index (χ1v) is 5.22. The lowest BCUT2D eigenvalue weighted by Crippen LogP contribution is -2.18. The second kappa shape index (κ2) is 2.92. The molecule has 0 atom stereocenters. The molecule has 1 aliphatic carbocycles. The predicted molar refractivity (Wildman–Crippen MR) is 57.4 cm³/mol. The average molecular weight is 203 g/mol. The van der Waals surface area contributed by atoms with Crippen LogP contribution >= 0.6 is 0 Å². The van der Waals surface area contributed by atoms with Gasteiger partial charge in [0, 0.05) is 0 Å². The van der Waals surface area contributed by atoms with Gasteiger partial charge in [0.1, 0.15) is 12.1 Å². The second-order valence-corrected chi connectivity index (χ2v) is 4.07. The summed E-state index contributed by atoms with van der Waals surface area (Å²) in [7, 11) is 0.